The molecule has 4 aromatic heterocycles. The van der Waals surface area contributed by atoms with Gasteiger partial charge in [-0.3, -0.25) is 4.79 Å². The van der Waals surface area contributed by atoms with Gasteiger partial charge in [0, 0.05) is 41.6 Å². The molecule has 0 saturated heterocycles. The van der Waals surface area contributed by atoms with E-state index >= 15 is 0 Å². The third-order valence-electron chi connectivity index (χ3n) is 5.88. The van der Waals surface area contributed by atoms with Crippen LogP contribution in [0.25, 0.3) is 39.0 Å². The molecule has 0 radical (unpaired) electrons. The number of nitrogens with one attached hydrogen (secondary N) is 1. The number of aryl methyl sites for hydroxylation is 3. The third-order valence-corrected chi connectivity index (χ3v) is 5.88. The minimum atomic E-state index is -0.0790. The summed E-state index contributed by atoms with van der Waals surface area (Å²) in [5.41, 5.74) is 5.07. The Labute approximate surface area is 183 Å². The number of benzene rings is 2. The van der Waals surface area contributed by atoms with Crippen LogP contribution in [0.4, 0.5) is 0 Å². The fraction of sp³-hybridized carbons (Fsp3) is 0.120. The van der Waals surface area contributed by atoms with E-state index in [9.17, 15) is 4.79 Å². The highest BCUT2D eigenvalue weighted by molar-refractivity contribution is 5.84. The van der Waals surface area contributed by atoms with Gasteiger partial charge in [0.1, 0.15) is 0 Å². The highest BCUT2D eigenvalue weighted by atomic mass is 16.1. The average Bonchev–Trinajstić information content (AvgIpc) is 3.43. The van der Waals surface area contributed by atoms with Gasteiger partial charge in [0.25, 0.3) is 11.3 Å². The molecule has 0 aliphatic heterocycles. The van der Waals surface area contributed by atoms with Crippen LogP contribution in [0.15, 0.2) is 78.0 Å². The zero-order valence-electron chi connectivity index (χ0n) is 17.5. The molecule has 4 heterocycles. The molecule has 0 amide bonds. The molecule has 0 aliphatic rings. The van der Waals surface area contributed by atoms with Gasteiger partial charge < -0.3 is 9.55 Å². The zero-order chi connectivity index (χ0) is 21.7. The van der Waals surface area contributed by atoms with Crippen molar-refractivity contribution in [1.82, 2.24) is 29.1 Å². The van der Waals surface area contributed by atoms with Gasteiger partial charge >= 0.3 is 0 Å². The molecule has 1 N–H and O–H groups in total. The lowest BCUT2D eigenvalue weighted by Crippen LogP contribution is -2.21. The summed E-state index contributed by atoms with van der Waals surface area (Å²) < 4.78 is 3.38. The van der Waals surface area contributed by atoms with Crippen LogP contribution in [0.5, 0.6) is 0 Å². The first-order valence-electron chi connectivity index (χ1n) is 10.5. The summed E-state index contributed by atoms with van der Waals surface area (Å²) in [6.45, 7) is 2.67. The van der Waals surface area contributed by atoms with Gasteiger partial charge in [0.15, 0.2) is 5.82 Å². The summed E-state index contributed by atoms with van der Waals surface area (Å²) in [5, 5.41) is 6.34. The van der Waals surface area contributed by atoms with E-state index in [4.69, 9.17) is 0 Å². The van der Waals surface area contributed by atoms with Crippen molar-refractivity contribution in [3.63, 3.8) is 0 Å². The second kappa shape index (κ2) is 7.16. The third kappa shape index (κ3) is 2.98. The van der Waals surface area contributed by atoms with Crippen LogP contribution in [0.1, 0.15) is 11.1 Å². The molecule has 0 spiro atoms. The molecule has 0 unspecified atom stereocenters. The van der Waals surface area contributed by atoms with Gasteiger partial charge in [-0.25, -0.2) is 4.98 Å². The molecule has 6 aromatic rings. The lowest BCUT2D eigenvalue weighted by Gasteiger charge is -2.07. The first-order chi connectivity index (χ1) is 15.7. The largest absolute Gasteiger partial charge is 0.361 e. The van der Waals surface area contributed by atoms with Crippen molar-refractivity contribution in [2.45, 2.75) is 19.9 Å². The van der Waals surface area contributed by atoms with E-state index in [1.165, 1.54) is 16.5 Å². The van der Waals surface area contributed by atoms with Gasteiger partial charge in [0.05, 0.1) is 10.9 Å². The first kappa shape index (κ1) is 18.5. The highest BCUT2D eigenvalue weighted by Crippen LogP contribution is 2.21. The zero-order valence-corrected chi connectivity index (χ0v) is 17.5. The number of pyridine rings is 1. The van der Waals surface area contributed by atoms with Crippen molar-refractivity contribution in [2.75, 3.05) is 0 Å². The monoisotopic (exact) mass is 420 g/mol. The lowest BCUT2D eigenvalue weighted by molar-refractivity contribution is 0.676. The van der Waals surface area contributed by atoms with E-state index in [0.717, 1.165) is 17.5 Å². The van der Waals surface area contributed by atoms with Crippen molar-refractivity contribution >= 4 is 27.6 Å². The van der Waals surface area contributed by atoms with E-state index in [-0.39, 0.29) is 5.56 Å². The molecule has 6 rings (SSSR count). The molecule has 0 aliphatic carbocycles. The SMILES string of the molecule is Cc1ccc2[nH]cc(CCn3ccc4c(cnc5nc(-c6ccccc6)nn54)c3=O)c2c1. The molecule has 156 valence electrons. The van der Waals surface area contributed by atoms with Crippen molar-refractivity contribution in [3.05, 3.63) is 94.7 Å². The second-order valence-corrected chi connectivity index (χ2v) is 8.00. The van der Waals surface area contributed by atoms with Crippen molar-refractivity contribution in [3.8, 4) is 11.4 Å². The Morgan fingerprint density at radius 1 is 1.03 bits per heavy atom. The number of hydrogen-bond donors (Lipinski definition) is 1. The maximum absolute atomic E-state index is 13.2. The topological polar surface area (TPSA) is 80.9 Å². The molecule has 0 bridgehead atoms. The summed E-state index contributed by atoms with van der Waals surface area (Å²) in [6.07, 6.45) is 6.21. The number of aromatic nitrogens is 6. The maximum Gasteiger partial charge on any atom is 0.261 e. The van der Waals surface area contributed by atoms with E-state index in [2.05, 4.69) is 45.2 Å². The first-order valence-corrected chi connectivity index (χ1v) is 10.5. The van der Waals surface area contributed by atoms with Gasteiger partial charge in [-0.15, -0.1) is 5.10 Å². The standard InChI is InChI=1S/C25H20N6O/c1-16-7-8-21-19(13-16)18(14-26-21)9-11-30-12-10-22-20(24(30)32)15-27-25-28-23(29-31(22)25)17-5-3-2-4-6-17/h2-8,10,12-15,26H,9,11H2,1H3. The minimum Gasteiger partial charge on any atom is -0.361 e. The number of nitrogens with zero attached hydrogens (tertiary/aromatic N) is 5. The molecule has 0 atom stereocenters. The minimum absolute atomic E-state index is 0.0790. The molecule has 0 fully saturated rings. The number of fused-ring (bicyclic) bond motifs is 4. The quantitative estimate of drug-likeness (QED) is 0.465. The van der Waals surface area contributed by atoms with E-state index in [0.29, 0.717) is 29.0 Å². The Balaban J connectivity index is 1.37. The Morgan fingerprint density at radius 3 is 2.78 bits per heavy atom. The Bertz CT molecular complexity index is 1660. The van der Waals surface area contributed by atoms with Gasteiger partial charge in [-0.1, -0.05) is 42.0 Å². The number of aromatic amines is 1. The van der Waals surface area contributed by atoms with E-state index < -0.39 is 0 Å². The summed E-state index contributed by atoms with van der Waals surface area (Å²) in [6, 6.07) is 18.0. The lowest BCUT2D eigenvalue weighted by atomic mass is 10.1. The smallest absolute Gasteiger partial charge is 0.261 e. The number of rotatable bonds is 4. The van der Waals surface area contributed by atoms with Crippen LogP contribution in [0, 0.1) is 6.92 Å². The van der Waals surface area contributed by atoms with Gasteiger partial charge in [-0.2, -0.15) is 9.50 Å². The molecule has 0 saturated carbocycles. The Hall–Kier alpha value is -4.26. The average molecular weight is 420 g/mol. The van der Waals surface area contributed by atoms with Crippen molar-refractivity contribution in [2.24, 2.45) is 0 Å². The predicted octanol–water partition coefficient (Wildman–Crippen LogP) is 4.14. The fourth-order valence-electron chi connectivity index (χ4n) is 4.19. The van der Waals surface area contributed by atoms with Crippen LogP contribution in [-0.2, 0) is 13.0 Å². The number of hydrogen-bond acceptors (Lipinski definition) is 4. The normalized spacial score (nSPS) is 11.7. The summed E-state index contributed by atoms with van der Waals surface area (Å²) >= 11 is 0. The van der Waals surface area contributed by atoms with Crippen LogP contribution >= 0.6 is 0 Å². The second-order valence-electron chi connectivity index (χ2n) is 8.00. The summed E-state index contributed by atoms with van der Waals surface area (Å²) in [7, 11) is 0. The van der Waals surface area contributed by atoms with Crippen LogP contribution in [0.3, 0.4) is 0 Å². The molecular formula is C25H20N6O. The molecule has 7 nitrogen and oxygen atoms in total. The molecule has 7 heteroatoms. The number of H-pyrrole nitrogens is 1. The van der Waals surface area contributed by atoms with E-state index in [1.54, 1.807) is 15.3 Å². The maximum atomic E-state index is 13.2. The highest BCUT2D eigenvalue weighted by Gasteiger charge is 2.13. The van der Waals surface area contributed by atoms with Crippen LogP contribution in [-0.4, -0.2) is 29.1 Å². The summed E-state index contributed by atoms with van der Waals surface area (Å²) in [5.74, 6) is 1.06. The predicted molar refractivity (Wildman–Crippen MR) is 125 cm³/mol. The van der Waals surface area contributed by atoms with Crippen molar-refractivity contribution < 1.29 is 0 Å². The van der Waals surface area contributed by atoms with Crippen LogP contribution in [0.2, 0.25) is 0 Å². The molecule has 2 aromatic carbocycles. The fourth-order valence-corrected chi connectivity index (χ4v) is 4.19. The van der Waals surface area contributed by atoms with Crippen LogP contribution < -0.4 is 5.56 Å². The Kier molecular flexibility index (Phi) is 4.14. The van der Waals surface area contributed by atoms with E-state index in [1.807, 2.05) is 48.8 Å². The molecular weight excluding hydrogens is 400 g/mol. The van der Waals surface area contributed by atoms with Gasteiger partial charge in [0.2, 0.25) is 0 Å². The van der Waals surface area contributed by atoms with Crippen molar-refractivity contribution in [1.29, 1.82) is 0 Å². The molecule has 32 heavy (non-hydrogen) atoms. The van der Waals surface area contributed by atoms with Gasteiger partial charge in [-0.05, 0) is 37.1 Å². The Morgan fingerprint density at radius 2 is 1.91 bits per heavy atom. The summed E-state index contributed by atoms with van der Waals surface area (Å²) in [4.78, 5) is 25.4.